The Morgan fingerprint density at radius 2 is 1.20 bits per heavy atom. The zero-order valence-electron chi connectivity index (χ0n) is 6.54. The van der Waals surface area contributed by atoms with Crippen LogP contribution in [-0.2, 0) is 21.8 Å². The van der Waals surface area contributed by atoms with Crippen molar-refractivity contribution in [1.29, 1.82) is 0 Å². The summed E-state index contributed by atoms with van der Waals surface area (Å²) in [6.45, 7) is 0. The summed E-state index contributed by atoms with van der Waals surface area (Å²) in [5, 5.41) is 0. The van der Waals surface area contributed by atoms with Gasteiger partial charge in [-0.3, -0.25) is 18.2 Å². The zero-order chi connectivity index (χ0) is 8.08. The molecule has 62 valence electrons. The van der Waals surface area contributed by atoms with E-state index >= 15 is 0 Å². The summed E-state index contributed by atoms with van der Waals surface area (Å²) in [4.78, 5) is 0. The number of hydrogen-bond donors (Lipinski definition) is 4. The molecule has 0 aromatic heterocycles. The molecule has 0 aliphatic rings. The minimum atomic E-state index is -4.67. The quantitative estimate of drug-likeness (QED) is 0.224. The molecule has 0 amide bonds. The predicted molar refractivity (Wildman–Crippen MR) is 35.6 cm³/mol. The minimum Gasteiger partial charge on any atom is -1.00 e. The molecule has 0 radical (unpaired) electrons. The molecule has 0 heterocycles. The monoisotopic (exact) mass is 206 g/mol. The van der Waals surface area contributed by atoms with E-state index in [2.05, 4.69) is 0 Å². The van der Waals surface area contributed by atoms with Gasteiger partial charge in [-0.15, -0.1) is 0 Å². The first-order valence-corrected chi connectivity index (χ1v) is 3.69. The average Bonchev–Trinajstić information content (AvgIpc) is 1.19. The van der Waals surface area contributed by atoms with Gasteiger partial charge < -0.3 is 2.85 Å². The summed E-state index contributed by atoms with van der Waals surface area (Å²) in [6.07, 6.45) is 0. The van der Waals surface area contributed by atoms with E-state index in [9.17, 15) is 0 Å². The Morgan fingerprint density at radius 1 is 1.20 bits per heavy atom. The summed E-state index contributed by atoms with van der Waals surface area (Å²) in [6, 6.07) is 0. The largest absolute Gasteiger partial charge is 2.00 e. The Balaban J connectivity index is -0.0000000221. The van der Waals surface area contributed by atoms with Crippen LogP contribution in [0.15, 0.2) is 0 Å². The maximum atomic E-state index is 8.74. The zero-order valence-corrected chi connectivity index (χ0v) is 7.58. The Hall–Kier alpha value is 0.706. The van der Waals surface area contributed by atoms with Gasteiger partial charge in [0.2, 0.25) is 0 Å². The molecule has 0 saturated carbocycles. The molecule has 0 aromatic carbocycles. The Morgan fingerprint density at radius 3 is 1.20 bits per heavy atom. The Labute approximate surface area is 78.6 Å². The molecular formula is H6MgO7S2. The molecule has 0 atom stereocenters. The van der Waals surface area contributed by atoms with Crippen LogP contribution >= 0.6 is 0 Å². The molecule has 0 rings (SSSR count). The summed E-state index contributed by atoms with van der Waals surface area (Å²) in [5.41, 5.74) is 0. The normalized spacial score (nSPS) is 9.30. The van der Waals surface area contributed by atoms with Gasteiger partial charge in [-0.25, -0.2) is 0 Å². The third kappa shape index (κ3) is 1040. The number of rotatable bonds is 0. The van der Waals surface area contributed by atoms with Gasteiger partial charge in [0.15, 0.2) is 0 Å². The van der Waals surface area contributed by atoms with Crippen molar-refractivity contribution in [2.75, 3.05) is 0 Å². The van der Waals surface area contributed by atoms with Gasteiger partial charge in [-0.2, -0.15) is 12.6 Å². The average molecular weight is 206 g/mol. The molecule has 10 heteroatoms. The molecule has 0 aliphatic carbocycles. The van der Waals surface area contributed by atoms with Crippen LogP contribution in [0.4, 0.5) is 0 Å². The third-order valence-electron chi connectivity index (χ3n) is 0. The van der Waals surface area contributed by atoms with Crippen molar-refractivity contribution in [3.8, 4) is 0 Å². The second kappa shape index (κ2) is 7.81. The molecule has 0 aromatic rings. The van der Waals surface area contributed by atoms with E-state index in [1.807, 2.05) is 0 Å². The van der Waals surface area contributed by atoms with E-state index in [1.54, 1.807) is 0 Å². The van der Waals surface area contributed by atoms with E-state index in [4.69, 9.17) is 30.8 Å². The Kier molecular flexibility index (Phi) is 13.3. The molecule has 0 unspecified atom stereocenters. The fourth-order valence-electron chi connectivity index (χ4n) is 0. The molecule has 0 saturated heterocycles. The van der Waals surface area contributed by atoms with Gasteiger partial charge in [0.05, 0.1) is 0 Å². The van der Waals surface area contributed by atoms with Crippen LogP contribution in [0.5, 0.6) is 0 Å². The smallest absolute Gasteiger partial charge is 1.00 e. The van der Waals surface area contributed by atoms with Crippen molar-refractivity contribution in [1.82, 2.24) is 0 Å². The van der Waals surface area contributed by atoms with Crippen molar-refractivity contribution < 1.29 is 33.7 Å². The van der Waals surface area contributed by atoms with Crippen LogP contribution in [0.2, 0.25) is 0 Å². The molecule has 0 spiro atoms. The van der Waals surface area contributed by atoms with Gasteiger partial charge in [-0.05, 0) is 0 Å². The second-order valence-corrected chi connectivity index (χ2v) is 2.04. The van der Waals surface area contributed by atoms with Gasteiger partial charge in [-0.1, -0.05) is 0 Å². The molecule has 7 nitrogen and oxygen atoms in total. The first-order chi connectivity index (χ1) is 3.73. The summed E-state index contributed by atoms with van der Waals surface area (Å²) < 4.78 is 54.4. The van der Waals surface area contributed by atoms with Crippen molar-refractivity contribution in [3.05, 3.63) is 0 Å². The van der Waals surface area contributed by atoms with Crippen molar-refractivity contribution in [3.63, 3.8) is 0 Å². The van der Waals surface area contributed by atoms with Crippen molar-refractivity contribution in [2.24, 2.45) is 0 Å². The summed E-state index contributed by atoms with van der Waals surface area (Å²) in [5.74, 6) is 0. The van der Waals surface area contributed by atoms with Crippen LogP contribution in [0.3, 0.4) is 0 Å². The van der Waals surface area contributed by atoms with E-state index in [-0.39, 0.29) is 25.9 Å². The van der Waals surface area contributed by atoms with Crippen molar-refractivity contribution in [2.45, 2.75) is 0 Å². The summed E-state index contributed by atoms with van der Waals surface area (Å²) in [7, 11) is -4.67. The number of hydrogen-bond acceptors (Lipinski definition) is 3. The van der Waals surface area contributed by atoms with Crippen LogP contribution in [0, 0.1) is 0 Å². The topological polar surface area (TPSA) is 132 Å². The van der Waals surface area contributed by atoms with E-state index < -0.39 is 21.8 Å². The van der Waals surface area contributed by atoms with Crippen LogP contribution in [-0.4, -0.2) is 53.9 Å². The molecular weight excluding hydrogens is 200 g/mol. The van der Waals surface area contributed by atoms with Crippen LogP contribution < -0.4 is 0 Å². The molecule has 0 fully saturated rings. The van der Waals surface area contributed by atoms with Gasteiger partial charge in [0.1, 0.15) is 0 Å². The SMILES string of the molecule is O=S(=O)(O)O.O=S(O)O.[H-].[H-].[Mg+2]. The van der Waals surface area contributed by atoms with Gasteiger partial charge in [0, 0.05) is 0 Å². The first kappa shape index (κ1) is 17.0. The maximum Gasteiger partial charge on any atom is 2.00 e. The fourth-order valence-corrected chi connectivity index (χ4v) is 0. The third-order valence-corrected chi connectivity index (χ3v) is 0. The van der Waals surface area contributed by atoms with Crippen LogP contribution in [0.25, 0.3) is 0 Å². The predicted octanol–water partition coefficient (Wildman–Crippen LogP) is -1.13. The molecule has 10 heavy (non-hydrogen) atoms. The fraction of sp³-hybridized carbons (Fsp3) is 0. The standard InChI is InChI=1S/Mg.H2O4S.H2O3S.2H/c;1-5(2,3)4;1-4(2)3;;/h;(H2,1,2,3,4);(H2,1,2,3);;/q+2;;;2*-1. The molecule has 0 bridgehead atoms. The van der Waals surface area contributed by atoms with Gasteiger partial charge in [0.25, 0.3) is 11.4 Å². The first-order valence-electron chi connectivity index (χ1n) is 1.23. The van der Waals surface area contributed by atoms with Crippen molar-refractivity contribution >= 4 is 44.8 Å². The van der Waals surface area contributed by atoms with E-state index in [0.29, 0.717) is 0 Å². The summed E-state index contributed by atoms with van der Waals surface area (Å²) >= 11 is -2.61. The second-order valence-electron chi connectivity index (χ2n) is 0.679. The van der Waals surface area contributed by atoms with E-state index in [1.165, 1.54) is 0 Å². The van der Waals surface area contributed by atoms with Crippen LogP contribution in [0.1, 0.15) is 2.85 Å². The molecule has 4 N–H and O–H groups in total. The minimum absolute atomic E-state index is 0. The van der Waals surface area contributed by atoms with Gasteiger partial charge >= 0.3 is 33.5 Å². The van der Waals surface area contributed by atoms with E-state index in [0.717, 1.165) is 0 Å². The molecule has 0 aliphatic heterocycles. The maximum absolute atomic E-state index is 8.74. The Bertz CT molecular complexity index is 162.